The summed E-state index contributed by atoms with van der Waals surface area (Å²) in [4.78, 5) is 28.3. The monoisotopic (exact) mass is 632 g/mol. The molecule has 0 saturated heterocycles. The molecule has 0 saturated carbocycles. The number of unbranched alkanes of at least 4 members (excludes halogenated alkanes) is 2. The molecule has 0 aliphatic rings. The molecule has 4 aromatic carbocycles. The van der Waals surface area contributed by atoms with Crippen LogP contribution in [0.3, 0.4) is 0 Å². The van der Waals surface area contributed by atoms with Gasteiger partial charge in [0.1, 0.15) is 17.2 Å². The largest absolute Gasteiger partial charge is 0.444 e. The Morgan fingerprint density at radius 3 is 1.66 bits per heavy atom. The Morgan fingerprint density at radius 2 is 1.17 bits per heavy atom. The van der Waals surface area contributed by atoms with Crippen molar-refractivity contribution in [2.45, 2.75) is 78.7 Å². The number of nitrogens with one attached hydrogen (secondary N) is 3. The summed E-state index contributed by atoms with van der Waals surface area (Å²) in [6.45, 7) is 10.9. The zero-order valence-electron chi connectivity index (χ0n) is 28.4. The second kappa shape index (κ2) is 15.3. The third kappa shape index (κ3) is 8.77. The number of hydrogen-bond donors (Lipinski definition) is 4. The first-order valence-corrected chi connectivity index (χ1v) is 16.9. The third-order valence-corrected chi connectivity index (χ3v) is 7.95. The highest BCUT2D eigenvalue weighted by atomic mass is 16.6. The van der Waals surface area contributed by atoms with Crippen molar-refractivity contribution in [1.82, 2.24) is 25.3 Å². The lowest BCUT2D eigenvalue weighted by Gasteiger charge is -2.19. The second-order valence-corrected chi connectivity index (χ2v) is 12.7. The molecule has 6 rings (SSSR count). The topological polar surface area (TPSA) is 122 Å². The average molecular weight is 633 g/mol. The van der Waals surface area contributed by atoms with Gasteiger partial charge in [-0.15, -0.1) is 0 Å². The Labute approximate surface area is 277 Å². The van der Waals surface area contributed by atoms with Crippen LogP contribution in [0.5, 0.6) is 0 Å². The number of H-pyrrole nitrogens is 2. The number of ether oxygens (including phenoxy) is 1. The maximum absolute atomic E-state index is 11.8. The molecule has 0 spiro atoms. The van der Waals surface area contributed by atoms with E-state index in [0.717, 1.165) is 77.8 Å². The molecule has 8 nitrogen and oxygen atoms in total. The number of benzene rings is 4. The summed E-state index contributed by atoms with van der Waals surface area (Å²) in [7, 11) is 0. The van der Waals surface area contributed by atoms with Crippen LogP contribution in [0.1, 0.15) is 72.0 Å². The number of aromatic nitrogens is 4. The molecule has 6 aromatic rings. The van der Waals surface area contributed by atoms with Gasteiger partial charge in [0.05, 0.1) is 22.1 Å². The van der Waals surface area contributed by atoms with E-state index in [4.69, 9.17) is 20.4 Å². The van der Waals surface area contributed by atoms with Crippen molar-refractivity contribution >= 4 is 38.9 Å². The number of aromatic amines is 2. The van der Waals surface area contributed by atoms with Gasteiger partial charge >= 0.3 is 6.09 Å². The number of amides is 1. The number of aryl methyl sites for hydroxylation is 2. The van der Waals surface area contributed by atoms with E-state index < -0.39 is 5.60 Å². The van der Waals surface area contributed by atoms with Crippen LogP contribution in [0.15, 0.2) is 72.8 Å². The standard InChI is InChI=1S/C37H42N6O2.C2H6/c1-37(2,3)45-36(44)39-19-7-5-9-35-41-31-17-15-29(23-33(31)43-35)27-13-11-24-20-26(12-10-25(24)21-27)28-14-16-30-32(22-28)42-34(40-30)8-4-6-18-38;1-2/h10-17,20-23H,4-9,18-19,38H2,1-3H3,(H,39,44)(H,40,42)(H,41,43);1-2H3. The molecule has 47 heavy (non-hydrogen) atoms. The van der Waals surface area contributed by atoms with Gasteiger partial charge in [0.2, 0.25) is 0 Å². The Bertz CT molecular complexity index is 1950. The highest BCUT2D eigenvalue weighted by Gasteiger charge is 2.15. The molecule has 0 aliphatic heterocycles. The van der Waals surface area contributed by atoms with E-state index in [1.165, 1.54) is 27.5 Å². The first-order valence-electron chi connectivity index (χ1n) is 16.9. The van der Waals surface area contributed by atoms with Gasteiger partial charge in [0, 0.05) is 19.4 Å². The van der Waals surface area contributed by atoms with Gasteiger partial charge < -0.3 is 25.8 Å². The lowest BCUT2D eigenvalue weighted by Crippen LogP contribution is -2.33. The Morgan fingerprint density at radius 1 is 0.702 bits per heavy atom. The number of carbonyl (C=O) groups is 1. The van der Waals surface area contributed by atoms with Gasteiger partial charge in [-0.2, -0.15) is 0 Å². The molecule has 0 radical (unpaired) electrons. The van der Waals surface area contributed by atoms with Gasteiger partial charge in [-0.3, -0.25) is 0 Å². The highest BCUT2D eigenvalue weighted by molar-refractivity contribution is 5.93. The fourth-order valence-corrected chi connectivity index (χ4v) is 5.68. The molecule has 5 N–H and O–H groups in total. The van der Waals surface area contributed by atoms with Crippen molar-refractivity contribution in [3.8, 4) is 22.3 Å². The maximum Gasteiger partial charge on any atom is 0.407 e. The quantitative estimate of drug-likeness (QED) is 0.106. The van der Waals surface area contributed by atoms with Gasteiger partial charge in [0.15, 0.2) is 0 Å². The SMILES string of the molecule is CC.CC(C)(C)OC(=O)NCCCCc1nc2ccc(-c3ccc4cc(-c5ccc6nc(CCCCN)[nH]c6c5)ccc4c3)cc2[nH]1. The van der Waals surface area contributed by atoms with Crippen LogP contribution in [0.4, 0.5) is 4.79 Å². The van der Waals surface area contributed by atoms with Crippen LogP contribution >= 0.6 is 0 Å². The van der Waals surface area contributed by atoms with E-state index in [2.05, 4.69) is 88.1 Å². The van der Waals surface area contributed by atoms with Crippen molar-refractivity contribution in [2.75, 3.05) is 13.1 Å². The summed E-state index contributed by atoms with van der Waals surface area (Å²) in [5.41, 5.74) is 13.9. The van der Waals surface area contributed by atoms with E-state index in [0.29, 0.717) is 13.1 Å². The van der Waals surface area contributed by atoms with Gasteiger partial charge in [-0.05, 0) is 122 Å². The third-order valence-electron chi connectivity index (χ3n) is 7.95. The van der Waals surface area contributed by atoms with Crippen LogP contribution in [0.25, 0.3) is 55.1 Å². The lowest BCUT2D eigenvalue weighted by molar-refractivity contribution is 0.0527. The number of rotatable bonds is 11. The average Bonchev–Trinajstić information content (AvgIpc) is 3.67. The van der Waals surface area contributed by atoms with E-state index in [-0.39, 0.29) is 6.09 Å². The first kappa shape index (κ1) is 33.7. The predicted molar refractivity (Wildman–Crippen MR) is 195 cm³/mol. The number of nitrogens with two attached hydrogens (primary N) is 1. The van der Waals surface area contributed by atoms with Crippen LogP contribution < -0.4 is 11.1 Å². The molecule has 8 heteroatoms. The normalized spacial score (nSPS) is 11.5. The highest BCUT2D eigenvalue weighted by Crippen LogP contribution is 2.31. The first-order chi connectivity index (χ1) is 22.7. The number of nitrogens with zero attached hydrogens (tertiary/aromatic N) is 2. The van der Waals surface area contributed by atoms with Crippen molar-refractivity contribution in [1.29, 1.82) is 0 Å². The maximum atomic E-state index is 11.8. The zero-order chi connectivity index (χ0) is 33.4. The van der Waals surface area contributed by atoms with E-state index in [1.807, 2.05) is 34.6 Å². The molecular formula is C39H48N6O2. The van der Waals surface area contributed by atoms with Crippen molar-refractivity contribution in [3.05, 3.63) is 84.4 Å². The zero-order valence-corrected chi connectivity index (χ0v) is 28.4. The Kier molecular flexibility index (Phi) is 10.9. The Hall–Kier alpha value is -4.69. The molecule has 0 fully saturated rings. The van der Waals surface area contributed by atoms with E-state index >= 15 is 0 Å². The number of alkyl carbamates (subject to hydrolysis) is 1. The van der Waals surface area contributed by atoms with E-state index in [1.54, 1.807) is 0 Å². The molecule has 2 heterocycles. The molecule has 0 atom stereocenters. The molecule has 1 amide bonds. The van der Waals surface area contributed by atoms with Crippen molar-refractivity contribution < 1.29 is 9.53 Å². The van der Waals surface area contributed by atoms with Crippen LogP contribution in [-0.4, -0.2) is 44.7 Å². The number of fused-ring (bicyclic) bond motifs is 3. The molecule has 0 unspecified atom stereocenters. The van der Waals surface area contributed by atoms with Gasteiger partial charge in [-0.1, -0.05) is 50.2 Å². The summed E-state index contributed by atoms with van der Waals surface area (Å²) >= 11 is 0. The van der Waals surface area contributed by atoms with Crippen molar-refractivity contribution in [2.24, 2.45) is 5.73 Å². The number of carbonyl (C=O) groups excluding carboxylic acids is 1. The van der Waals surface area contributed by atoms with Crippen LogP contribution in [-0.2, 0) is 17.6 Å². The lowest BCUT2D eigenvalue weighted by atomic mass is 9.97. The smallest absolute Gasteiger partial charge is 0.407 e. The summed E-state index contributed by atoms with van der Waals surface area (Å²) in [5.74, 6) is 1.98. The summed E-state index contributed by atoms with van der Waals surface area (Å²) in [5, 5.41) is 5.22. The summed E-state index contributed by atoms with van der Waals surface area (Å²) in [6, 6.07) is 26.1. The molecule has 0 bridgehead atoms. The van der Waals surface area contributed by atoms with Gasteiger partial charge in [-0.25, -0.2) is 14.8 Å². The van der Waals surface area contributed by atoms with Crippen LogP contribution in [0, 0.1) is 0 Å². The van der Waals surface area contributed by atoms with Gasteiger partial charge in [0.25, 0.3) is 0 Å². The summed E-state index contributed by atoms with van der Waals surface area (Å²) < 4.78 is 5.29. The minimum absolute atomic E-state index is 0.372. The second-order valence-electron chi connectivity index (χ2n) is 12.7. The minimum atomic E-state index is -0.486. The fraction of sp³-hybridized carbons (Fsp3) is 0.359. The predicted octanol–water partition coefficient (Wildman–Crippen LogP) is 9.08. The number of hydrogen-bond acceptors (Lipinski definition) is 5. The summed E-state index contributed by atoms with van der Waals surface area (Å²) in [6.07, 6.45) is 5.20. The molecular weight excluding hydrogens is 584 g/mol. The Balaban J connectivity index is 0.00000213. The number of imidazole rings is 2. The molecule has 2 aromatic heterocycles. The fourth-order valence-electron chi connectivity index (χ4n) is 5.68. The van der Waals surface area contributed by atoms with Crippen LogP contribution in [0.2, 0.25) is 0 Å². The molecule has 246 valence electrons. The molecule has 0 aliphatic carbocycles. The minimum Gasteiger partial charge on any atom is -0.444 e. The van der Waals surface area contributed by atoms with Crippen molar-refractivity contribution in [3.63, 3.8) is 0 Å². The van der Waals surface area contributed by atoms with E-state index in [9.17, 15) is 4.79 Å².